The third-order valence-electron chi connectivity index (χ3n) is 3.01. The van der Waals surface area contributed by atoms with Crippen molar-refractivity contribution < 1.29 is 44.0 Å². The predicted octanol–water partition coefficient (Wildman–Crippen LogP) is -2.86. The molecule has 1 nitrogen and oxygen atoms in total. The Balaban J connectivity index is 0.00000144. The molecule has 1 heterocycles. The fraction of sp³-hybridized carbons (Fsp3) is 0.286. The third-order valence-corrected chi connectivity index (χ3v) is 5.32. The number of halogens is 2. The molecule has 0 fully saturated rings. The molecule has 1 aliphatic rings. The van der Waals surface area contributed by atoms with Crippen LogP contribution in [-0.4, -0.2) is 4.98 Å². The van der Waals surface area contributed by atoms with Crippen LogP contribution in [0.5, 0.6) is 0 Å². The van der Waals surface area contributed by atoms with E-state index in [4.69, 9.17) is 0 Å². The summed E-state index contributed by atoms with van der Waals surface area (Å²) in [5.41, 5.74) is 5.70. The smallest absolute Gasteiger partial charge is 1.00 e. The van der Waals surface area contributed by atoms with Crippen LogP contribution in [0.4, 0.5) is 0 Å². The summed E-state index contributed by atoms with van der Waals surface area (Å²) in [6.07, 6.45) is 8.81. The molecule has 0 unspecified atom stereocenters. The molecule has 0 spiro atoms. The van der Waals surface area contributed by atoms with Crippen molar-refractivity contribution in [2.24, 2.45) is 0 Å². The Kier molecular flexibility index (Phi) is 7.32. The van der Waals surface area contributed by atoms with Gasteiger partial charge in [-0.15, -0.1) is 0 Å². The maximum atomic E-state index is 3.42. The van der Waals surface area contributed by atoms with E-state index in [-0.39, 0.29) is 44.0 Å². The van der Waals surface area contributed by atoms with Crippen molar-refractivity contribution >= 4 is 4.00 Å². The second kappa shape index (κ2) is 7.40. The average molecular weight is 318 g/mol. The molecule has 96 valence electrons. The van der Waals surface area contributed by atoms with Crippen LogP contribution < -0.4 is 28.8 Å². The van der Waals surface area contributed by atoms with E-state index < -0.39 is 0 Å². The van der Waals surface area contributed by atoms with Gasteiger partial charge >= 0.3 is 106 Å². The molecule has 18 heavy (non-hydrogen) atoms. The maximum Gasteiger partial charge on any atom is -1.00 e. The van der Waals surface area contributed by atoms with E-state index in [1.54, 1.807) is 3.88 Å². The summed E-state index contributed by atoms with van der Waals surface area (Å²) in [6.45, 7) is 8.77. The van der Waals surface area contributed by atoms with Gasteiger partial charge < -0.3 is 24.8 Å². The number of allylic oxidation sites excluding steroid dienone is 6. The first-order chi connectivity index (χ1) is 7.59. The molecule has 1 N–H and O–H groups in total. The first-order valence-corrected chi connectivity index (χ1v) is 7.13. The van der Waals surface area contributed by atoms with Gasteiger partial charge in [0.2, 0.25) is 0 Å². The van der Waals surface area contributed by atoms with Crippen LogP contribution in [-0.2, 0) is 19.2 Å². The molecule has 0 saturated carbocycles. The second-order valence-electron chi connectivity index (χ2n) is 4.45. The minimum absolute atomic E-state index is 0. The van der Waals surface area contributed by atoms with Gasteiger partial charge in [0, 0.05) is 0 Å². The zero-order chi connectivity index (χ0) is 11.7. The summed E-state index contributed by atoms with van der Waals surface area (Å²) in [5, 5.41) is 0. The Bertz CT molecular complexity index is 506. The van der Waals surface area contributed by atoms with Crippen LogP contribution in [0.3, 0.4) is 0 Å². The van der Waals surface area contributed by atoms with E-state index in [0.29, 0.717) is 0 Å². The van der Waals surface area contributed by atoms with Gasteiger partial charge in [-0.3, -0.25) is 0 Å². The summed E-state index contributed by atoms with van der Waals surface area (Å²) in [7, 11) is 0. The summed E-state index contributed by atoms with van der Waals surface area (Å²) >= 11 is -0.213. The molecule has 0 atom stereocenters. The molecular formula is C14H17Cl2NTi. The molecule has 2 rings (SSSR count). The van der Waals surface area contributed by atoms with Crippen molar-refractivity contribution in [1.29, 1.82) is 0 Å². The van der Waals surface area contributed by atoms with Gasteiger partial charge in [-0.1, -0.05) is 0 Å². The Morgan fingerprint density at radius 1 is 1.17 bits per heavy atom. The molecule has 0 aromatic carbocycles. The van der Waals surface area contributed by atoms with E-state index >= 15 is 0 Å². The molecule has 1 aromatic rings. The van der Waals surface area contributed by atoms with Crippen LogP contribution in [0.25, 0.3) is 0 Å². The number of aromatic nitrogens is 1. The van der Waals surface area contributed by atoms with Crippen molar-refractivity contribution in [1.82, 2.24) is 4.98 Å². The van der Waals surface area contributed by atoms with E-state index in [2.05, 4.69) is 57.1 Å². The first-order valence-electron chi connectivity index (χ1n) is 5.57. The van der Waals surface area contributed by atoms with Crippen LogP contribution in [0, 0.1) is 13.8 Å². The second-order valence-corrected chi connectivity index (χ2v) is 6.46. The average Bonchev–Trinajstić information content (AvgIpc) is 2.80. The summed E-state index contributed by atoms with van der Waals surface area (Å²) in [5.74, 6) is 0. The number of aryl methyl sites for hydroxylation is 1. The summed E-state index contributed by atoms with van der Waals surface area (Å²) in [6, 6.07) is 0. The van der Waals surface area contributed by atoms with Crippen molar-refractivity contribution in [3.8, 4) is 0 Å². The molecule has 1 aliphatic carbocycles. The minimum Gasteiger partial charge on any atom is -1.00 e. The normalized spacial score (nSPS) is 12.4. The molecule has 0 bridgehead atoms. The topological polar surface area (TPSA) is 15.8 Å². The quantitative estimate of drug-likeness (QED) is 0.565. The number of hydrogen-bond acceptors (Lipinski definition) is 0. The standard InChI is InChI=1S/C8H9.C6H8N.2ClH.Ti/c1-7(2)8-5-3-4-6-8;1-5-3-7-4-6(5)2;;;/h3-5H,1-2H3;3,7H,1-2H3;2*1H;/q;;;;+2/p-2. The number of rotatable bonds is 2. The van der Waals surface area contributed by atoms with Gasteiger partial charge in [0.05, 0.1) is 0 Å². The summed E-state index contributed by atoms with van der Waals surface area (Å²) < 4.78 is 3.01. The van der Waals surface area contributed by atoms with E-state index in [1.807, 2.05) is 0 Å². The van der Waals surface area contributed by atoms with Gasteiger partial charge in [0.1, 0.15) is 0 Å². The molecule has 0 saturated heterocycles. The molecule has 0 radical (unpaired) electrons. The first kappa shape index (κ1) is 17.8. The monoisotopic (exact) mass is 317 g/mol. The molecule has 0 amide bonds. The number of aromatic amines is 1. The zero-order valence-corrected chi connectivity index (χ0v) is 14.1. The number of H-pyrrole nitrogens is 1. The number of hydrogen-bond donors (Lipinski definition) is 1. The SMILES string of the molecule is CC(C)=C1C=CC=[C]1[Ti+2][c]1[nH]cc(C)c1C.[Cl-].[Cl-]. The van der Waals surface area contributed by atoms with Crippen LogP contribution in [0.15, 0.2) is 39.4 Å². The fourth-order valence-corrected chi connectivity index (χ4v) is 4.08. The summed E-state index contributed by atoms with van der Waals surface area (Å²) in [4.78, 5) is 3.42. The maximum absolute atomic E-state index is 3.42. The Morgan fingerprint density at radius 2 is 1.83 bits per heavy atom. The third kappa shape index (κ3) is 3.65. The Hall–Kier alpha value is -0.206. The molecule has 0 aliphatic heterocycles. The van der Waals surface area contributed by atoms with Crippen molar-refractivity contribution in [3.63, 3.8) is 0 Å². The van der Waals surface area contributed by atoms with Crippen molar-refractivity contribution in [2.75, 3.05) is 0 Å². The Labute approximate surface area is 131 Å². The van der Waals surface area contributed by atoms with Gasteiger partial charge in [-0.2, -0.15) is 0 Å². The fourth-order valence-electron chi connectivity index (χ4n) is 1.82. The number of nitrogens with one attached hydrogen (secondary N) is 1. The molecule has 4 heteroatoms. The van der Waals surface area contributed by atoms with E-state index in [1.165, 1.54) is 26.3 Å². The predicted molar refractivity (Wildman–Crippen MR) is 65.5 cm³/mol. The van der Waals surface area contributed by atoms with Gasteiger partial charge in [0.25, 0.3) is 0 Å². The minimum atomic E-state index is -0.213. The largest absolute Gasteiger partial charge is 1.00 e. The van der Waals surface area contributed by atoms with Crippen molar-refractivity contribution in [2.45, 2.75) is 27.7 Å². The van der Waals surface area contributed by atoms with E-state index in [0.717, 1.165) is 0 Å². The molecular weight excluding hydrogens is 301 g/mol. The van der Waals surface area contributed by atoms with Gasteiger partial charge in [-0.25, -0.2) is 0 Å². The van der Waals surface area contributed by atoms with Gasteiger partial charge in [-0.05, 0) is 0 Å². The van der Waals surface area contributed by atoms with Gasteiger partial charge in [0.15, 0.2) is 0 Å². The Morgan fingerprint density at radius 3 is 2.33 bits per heavy atom. The van der Waals surface area contributed by atoms with Crippen LogP contribution in [0.2, 0.25) is 0 Å². The van der Waals surface area contributed by atoms with Crippen molar-refractivity contribution in [3.05, 3.63) is 50.6 Å². The molecule has 1 aromatic heterocycles. The zero-order valence-electron chi connectivity index (χ0n) is 11.1. The van der Waals surface area contributed by atoms with E-state index in [9.17, 15) is 0 Å². The van der Waals surface area contributed by atoms with Crippen LogP contribution >= 0.6 is 0 Å². The van der Waals surface area contributed by atoms with Crippen LogP contribution in [0.1, 0.15) is 25.0 Å².